The number of carbonyl (C=O) groups is 1. The van der Waals surface area contributed by atoms with Crippen molar-refractivity contribution >= 4 is 12.1 Å². The van der Waals surface area contributed by atoms with E-state index in [2.05, 4.69) is 15.6 Å². The predicted octanol–water partition coefficient (Wildman–Crippen LogP) is 3.24. The number of hydrazone groups is 1. The van der Waals surface area contributed by atoms with Crippen molar-refractivity contribution in [2.45, 2.75) is 27.0 Å². The molecule has 0 fully saturated rings. The molecule has 3 rings (SSSR count). The number of rotatable bonds is 8. The average molecular weight is 392 g/mol. The molecule has 7 nitrogen and oxygen atoms in total. The molecule has 29 heavy (non-hydrogen) atoms. The Balaban J connectivity index is 1.61. The lowest BCUT2D eigenvalue weighted by Crippen LogP contribution is -2.24. The topological polar surface area (TPSA) is 77.7 Å². The van der Waals surface area contributed by atoms with Crippen molar-refractivity contribution in [3.8, 4) is 11.5 Å². The van der Waals surface area contributed by atoms with Gasteiger partial charge in [-0.15, -0.1) is 0 Å². The standard InChI is InChI=1S/C22H24N4O3/c1-16-11-17(2)26(25-16)14-22(27)24-23-13-19-9-10-20(28-3)21(12-19)29-15-18-7-5-4-6-8-18/h4-13H,14-15H2,1-3H3,(H,24,27)/b23-13+. The first-order chi connectivity index (χ1) is 14.0. The van der Waals surface area contributed by atoms with Crippen LogP contribution >= 0.6 is 0 Å². The number of amides is 1. The van der Waals surface area contributed by atoms with Gasteiger partial charge in [0.05, 0.1) is 19.0 Å². The van der Waals surface area contributed by atoms with Crippen molar-refractivity contribution in [2.24, 2.45) is 5.10 Å². The number of nitrogens with one attached hydrogen (secondary N) is 1. The molecule has 0 saturated heterocycles. The summed E-state index contributed by atoms with van der Waals surface area (Å²) in [6, 6.07) is 17.3. The summed E-state index contributed by atoms with van der Waals surface area (Å²) in [6.45, 7) is 4.34. The minimum Gasteiger partial charge on any atom is -0.493 e. The van der Waals surface area contributed by atoms with E-state index in [9.17, 15) is 4.79 Å². The van der Waals surface area contributed by atoms with E-state index in [4.69, 9.17) is 9.47 Å². The third-order valence-corrected chi connectivity index (χ3v) is 4.22. The Morgan fingerprint density at radius 3 is 2.62 bits per heavy atom. The van der Waals surface area contributed by atoms with E-state index in [1.54, 1.807) is 24.1 Å². The second kappa shape index (κ2) is 9.54. The number of aryl methyl sites for hydroxylation is 2. The molecule has 0 unspecified atom stereocenters. The molecule has 3 aromatic rings. The maximum Gasteiger partial charge on any atom is 0.261 e. The molecule has 0 radical (unpaired) electrons. The Labute approximate surface area is 170 Å². The number of aromatic nitrogens is 2. The van der Waals surface area contributed by atoms with Gasteiger partial charge < -0.3 is 9.47 Å². The summed E-state index contributed by atoms with van der Waals surface area (Å²) < 4.78 is 12.9. The van der Waals surface area contributed by atoms with Gasteiger partial charge in [0.15, 0.2) is 11.5 Å². The van der Waals surface area contributed by atoms with Crippen molar-refractivity contribution in [1.29, 1.82) is 0 Å². The van der Waals surface area contributed by atoms with Crippen LogP contribution in [0, 0.1) is 13.8 Å². The molecular weight excluding hydrogens is 368 g/mol. The van der Waals surface area contributed by atoms with Gasteiger partial charge in [-0.05, 0) is 49.2 Å². The summed E-state index contributed by atoms with van der Waals surface area (Å²) in [4.78, 5) is 12.1. The Bertz CT molecular complexity index is 997. The van der Waals surface area contributed by atoms with Crippen LogP contribution < -0.4 is 14.9 Å². The van der Waals surface area contributed by atoms with Gasteiger partial charge >= 0.3 is 0 Å². The van der Waals surface area contributed by atoms with Gasteiger partial charge in [-0.25, -0.2) is 5.43 Å². The van der Waals surface area contributed by atoms with E-state index in [0.29, 0.717) is 18.1 Å². The van der Waals surface area contributed by atoms with Gasteiger partial charge in [-0.2, -0.15) is 10.2 Å². The second-order valence-electron chi connectivity index (χ2n) is 6.56. The molecule has 0 aliphatic rings. The lowest BCUT2D eigenvalue weighted by molar-refractivity contribution is -0.121. The van der Waals surface area contributed by atoms with Crippen LogP contribution in [0.15, 0.2) is 59.7 Å². The summed E-state index contributed by atoms with van der Waals surface area (Å²) >= 11 is 0. The minimum absolute atomic E-state index is 0.116. The zero-order valence-electron chi connectivity index (χ0n) is 16.8. The number of ether oxygens (including phenoxy) is 2. The Hall–Kier alpha value is -3.61. The van der Waals surface area contributed by atoms with E-state index in [-0.39, 0.29) is 12.5 Å². The highest BCUT2D eigenvalue weighted by atomic mass is 16.5. The Morgan fingerprint density at radius 2 is 1.93 bits per heavy atom. The molecule has 0 saturated carbocycles. The minimum atomic E-state index is -0.249. The maximum absolute atomic E-state index is 12.1. The van der Waals surface area contributed by atoms with Crippen molar-refractivity contribution < 1.29 is 14.3 Å². The molecule has 0 aliphatic heterocycles. The Kier molecular flexibility index (Phi) is 6.63. The van der Waals surface area contributed by atoms with Crippen LogP contribution in [0.5, 0.6) is 11.5 Å². The van der Waals surface area contributed by atoms with Gasteiger partial charge in [0.25, 0.3) is 5.91 Å². The van der Waals surface area contributed by atoms with E-state index in [1.807, 2.05) is 62.4 Å². The highest BCUT2D eigenvalue weighted by Gasteiger charge is 2.07. The van der Waals surface area contributed by atoms with Gasteiger partial charge in [0.1, 0.15) is 13.2 Å². The molecule has 1 amide bonds. The normalized spacial score (nSPS) is 10.9. The fourth-order valence-corrected chi connectivity index (χ4v) is 2.81. The van der Waals surface area contributed by atoms with Crippen molar-refractivity contribution in [3.05, 3.63) is 77.1 Å². The monoisotopic (exact) mass is 392 g/mol. The quantitative estimate of drug-likeness (QED) is 0.472. The van der Waals surface area contributed by atoms with Crippen LogP contribution in [0.25, 0.3) is 0 Å². The van der Waals surface area contributed by atoms with Gasteiger partial charge in [0, 0.05) is 5.69 Å². The average Bonchev–Trinajstić information content (AvgIpc) is 3.04. The Morgan fingerprint density at radius 1 is 1.14 bits per heavy atom. The first-order valence-corrected chi connectivity index (χ1v) is 9.23. The molecule has 0 spiro atoms. The molecule has 1 heterocycles. The lowest BCUT2D eigenvalue weighted by atomic mass is 10.2. The number of benzene rings is 2. The molecule has 2 aromatic carbocycles. The van der Waals surface area contributed by atoms with Crippen LogP contribution in [0.1, 0.15) is 22.5 Å². The summed E-state index contributed by atoms with van der Waals surface area (Å²) in [5, 5.41) is 8.29. The van der Waals surface area contributed by atoms with E-state index < -0.39 is 0 Å². The largest absolute Gasteiger partial charge is 0.493 e. The molecule has 1 N–H and O–H groups in total. The second-order valence-corrected chi connectivity index (χ2v) is 6.56. The summed E-state index contributed by atoms with van der Waals surface area (Å²) in [7, 11) is 1.59. The van der Waals surface area contributed by atoms with Crippen molar-refractivity contribution in [2.75, 3.05) is 7.11 Å². The smallest absolute Gasteiger partial charge is 0.261 e. The fourth-order valence-electron chi connectivity index (χ4n) is 2.81. The summed E-state index contributed by atoms with van der Waals surface area (Å²) in [5.41, 5.74) is 6.16. The molecular formula is C22H24N4O3. The number of hydrogen-bond donors (Lipinski definition) is 1. The van der Waals surface area contributed by atoms with Gasteiger partial charge in [-0.3, -0.25) is 9.48 Å². The number of nitrogens with zero attached hydrogens (tertiary/aromatic N) is 3. The molecule has 0 aliphatic carbocycles. The number of hydrogen-bond acceptors (Lipinski definition) is 5. The van der Waals surface area contributed by atoms with Crippen LogP contribution in [-0.4, -0.2) is 29.0 Å². The van der Waals surface area contributed by atoms with E-state index in [1.165, 1.54) is 0 Å². The van der Waals surface area contributed by atoms with Crippen molar-refractivity contribution in [3.63, 3.8) is 0 Å². The van der Waals surface area contributed by atoms with Gasteiger partial charge in [0.2, 0.25) is 0 Å². The van der Waals surface area contributed by atoms with E-state index >= 15 is 0 Å². The highest BCUT2D eigenvalue weighted by molar-refractivity contribution is 5.83. The third kappa shape index (κ3) is 5.68. The molecule has 7 heteroatoms. The first-order valence-electron chi connectivity index (χ1n) is 9.23. The van der Waals surface area contributed by atoms with Crippen molar-refractivity contribution in [1.82, 2.24) is 15.2 Å². The zero-order chi connectivity index (χ0) is 20.6. The SMILES string of the molecule is COc1ccc(/C=N/NC(=O)Cn2nc(C)cc2C)cc1OCc1ccccc1. The lowest BCUT2D eigenvalue weighted by Gasteiger charge is -2.11. The number of methoxy groups -OCH3 is 1. The predicted molar refractivity (Wildman–Crippen MR) is 111 cm³/mol. The fraction of sp³-hybridized carbons (Fsp3) is 0.227. The van der Waals surface area contributed by atoms with Crippen LogP contribution in [0.4, 0.5) is 0 Å². The first kappa shape index (κ1) is 20.1. The molecule has 0 atom stereocenters. The summed E-state index contributed by atoms with van der Waals surface area (Å²) in [6.07, 6.45) is 1.56. The van der Waals surface area contributed by atoms with Crippen LogP contribution in [-0.2, 0) is 17.9 Å². The molecule has 0 bridgehead atoms. The van der Waals surface area contributed by atoms with E-state index in [0.717, 1.165) is 22.5 Å². The third-order valence-electron chi connectivity index (χ3n) is 4.22. The summed E-state index contributed by atoms with van der Waals surface area (Å²) in [5.74, 6) is 0.988. The molecule has 150 valence electrons. The highest BCUT2D eigenvalue weighted by Crippen LogP contribution is 2.28. The molecule has 1 aromatic heterocycles. The number of carbonyl (C=O) groups excluding carboxylic acids is 1. The van der Waals surface area contributed by atoms with Crippen LogP contribution in [0.2, 0.25) is 0 Å². The maximum atomic E-state index is 12.1. The van der Waals surface area contributed by atoms with Gasteiger partial charge in [-0.1, -0.05) is 30.3 Å². The zero-order valence-corrected chi connectivity index (χ0v) is 16.8. The van der Waals surface area contributed by atoms with Crippen LogP contribution in [0.3, 0.4) is 0 Å².